The van der Waals surface area contributed by atoms with Crippen LogP contribution in [-0.2, 0) is 11.3 Å². The number of halogens is 1. The number of aromatic nitrogens is 2. The van der Waals surface area contributed by atoms with E-state index in [1.807, 2.05) is 20.8 Å². The van der Waals surface area contributed by atoms with Crippen molar-refractivity contribution in [1.29, 1.82) is 0 Å². The van der Waals surface area contributed by atoms with Gasteiger partial charge in [-0.2, -0.15) is 0 Å². The molecule has 1 amide bonds. The molecule has 2 heterocycles. The zero-order valence-electron chi connectivity index (χ0n) is 18.9. The summed E-state index contributed by atoms with van der Waals surface area (Å²) in [6.45, 7) is 13.8. The van der Waals surface area contributed by atoms with Gasteiger partial charge >= 0.3 is 0 Å². The molecule has 0 radical (unpaired) electrons. The van der Waals surface area contributed by atoms with Gasteiger partial charge < -0.3 is 5.32 Å². The van der Waals surface area contributed by atoms with Crippen molar-refractivity contribution < 1.29 is 4.79 Å². The predicted molar refractivity (Wildman–Crippen MR) is 130 cm³/mol. The number of amides is 1. The van der Waals surface area contributed by atoms with Gasteiger partial charge in [0.1, 0.15) is 16.7 Å². The molecule has 3 rings (SSSR count). The molecule has 2 aromatic heterocycles. The molecule has 0 aliphatic rings. The fourth-order valence-corrected chi connectivity index (χ4v) is 4.82. The average molecular weight is 461 g/mol. The highest BCUT2D eigenvalue weighted by Crippen LogP contribution is 2.28. The quantitative estimate of drug-likeness (QED) is 0.534. The van der Waals surface area contributed by atoms with Gasteiger partial charge in [-0.3, -0.25) is 19.1 Å². The number of nitrogens with zero attached hydrogens (tertiary/aromatic N) is 3. The smallest absolute Gasteiger partial charge is 0.263 e. The van der Waals surface area contributed by atoms with Gasteiger partial charge in [0.15, 0.2) is 0 Å². The fourth-order valence-electron chi connectivity index (χ4n) is 3.60. The van der Waals surface area contributed by atoms with Gasteiger partial charge in [-0.25, -0.2) is 4.98 Å². The molecule has 3 aromatic rings. The summed E-state index contributed by atoms with van der Waals surface area (Å²) in [6.07, 6.45) is 0. The summed E-state index contributed by atoms with van der Waals surface area (Å²) in [5.41, 5.74) is 2.19. The molecule has 0 fully saturated rings. The Kier molecular flexibility index (Phi) is 7.19. The summed E-state index contributed by atoms with van der Waals surface area (Å²) >= 11 is 7.72. The van der Waals surface area contributed by atoms with Crippen LogP contribution >= 0.6 is 22.9 Å². The van der Waals surface area contributed by atoms with E-state index in [1.54, 1.807) is 29.7 Å². The van der Waals surface area contributed by atoms with E-state index in [0.717, 1.165) is 33.9 Å². The number of nitrogens with one attached hydrogen (secondary N) is 1. The Bertz CT molecular complexity index is 1180. The summed E-state index contributed by atoms with van der Waals surface area (Å²) in [7, 11) is 0. The maximum Gasteiger partial charge on any atom is 0.263 e. The van der Waals surface area contributed by atoms with Gasteiger partial charge in [-0.15, -0.1) is 11.3 Å². The van der Waals surface area contributed by atoms with Crippen LogP contribution in [0.15, 0.2) is 23.0 Å². The molecule has 1 N–H and O–H groups in total. The number of hydrogen-bond donors (Lipinski definition) is 1. The van der Waals surface area contributed by atoms with E-state index in [1.165, 1.54) is 11.3 Å². The second-order valence-corrected chi connectivity index (χ2v) is 9.32. The van der Waals surface area contributed by atoms with E-state index in [4.69, 9.17) is 16.6 Å². The Morgan fingerprint density at radius 3 is 2.55 bits per heavy atom. The molecule has 0 aliphatic carbocycles. The number of fused-ring (bicyclic) bond motifs is 1. The molecule has 0 aliphatic heterocycles. The number of carbonyl (C=O) groups excluding carboxylic acids is 1. The van der Waals surface area contributed by atoms with E-state index in [2.05, 4.69) is 24.1 Å². The first-order chi connectivity index (χ1) is 14.7. The molecular formula is C23H29ClN4O2S. The highest BCUT2D eigenvalue weighted by atomic mass is 35.5. The van der Waals surface area contributed by atoms with Crippen LogP contribution in [0.25, 0.3) is 10.2 Å². The molecule has 0 bridgehead atoms. The van der Waals surface area contributed by atoms with Crippen molar-refractivity contribution >= 4 is 44.7 Å². The topological polar surface area (TPSA) is 67.2 Å². The van der Waals surface area contributed by atoms with Gasteiger partial charge in [0.25, 0.3) is 5.56 Å². The number of aryl methyl sites for hydroxylation is 2. The first-order valence-electron chi connectivity index (χ1n) is 10.5. The minimum Gasteiger partial charge on any atom is -0.324 e. The van der Waals surface area contributed by atoms with E-state index in [0.29, 0.717) is 28.5 Å². The third-order valence-electron chi connectivity index (χ3n) is 5.86. The molecular weight excluding hydrogens is 432 g/mol. The SMILES string of the molecule is CCN(CC)Cc1nc2sc(C)c(C)c2c(=O)n1C(C)C(=O)Nc1cccc(Cl)c1C. The number of hydrogen-bond acceptors (Lipinski definition) is 5. The van der Waals surface area contributed by atoms with Crippen LogP contribution in [0, 0.1) is 20.8 Å². The third kappa shape index (κ3) is 4.54. The molecule has 0 saturated heterocycles. The summed E-state index contributed by atoms with van der Waals surface area (Å²) < 4.78 is 1.55. The molecule has 0 saturated carbocycles. The highest BCUT2D eigenvalue weighted by molar-refractivity contribution is 7.18. The summed E-state index contributed by atoms with van der Waals surface area (Å²) in [5, 5.41) is 4.11. The maximum atomic E-state index is 13.6. The predicted octanol–water partition coefficient (Wildman–Crippen LogP) is 5.08. The van der Waals surface area contributed by atoms with Gasteiger partial charge in [0.2, 0.25) is 5.91 Å². The van der Waals surface area contributed by atoms with Gasteiger partial charge in [0.05, 0.1) is 11.9 Å². The first kappa shape index (κ1) is 23.4. The second kappa shape index (κ2) is 9.51. The lowest BCUT2D eigenvalue weighted by Crippen LogP contribution is -2.37. The Balaban J connectivity index is 2.10. The molecule has 6 nitrogen and oxygen atoms in total. The third-order valence-corrected chi connectivity index (χ3v) is 7.37. The lowest BCUT2D eigenvalue weighted by Gasteiger charge is -2.23. The van der Waals surface area contributed by atoms with Crippen molar-refractivity contribution in [3.05, 3.63) is 55.4 Å². The average Bonchev–Trinajstić information content (AvgIpc) is 3.02. The van der Waals surface area contributed by atoms with Crippen molar-refractivity contribution in [3.8, 4) is 0 Å². The summed E-state index contributed by atoms with van der Waals surface area (Å²) in [4.78, 5) is 35.6. The van der Waals surface area contributed by atoms with E-state index in [9.17, 15) is 9.59 Å². The number of benzene rings is 1. The monoisotopic (exact) mass is 460 g/mol. The summed E-state index contributed by atoms with van der Waals surface area (Å²) in [6, 6.07) is 4.65. The lowest BCUT2D eigenvalue weighted by molar-refractivity contribution is -0.119. The number of rotatable bonds is 7. The lowest BCUT2D eigenvalue weighted by atomic mass is 10.1. The highest BCUT2D eigenvalue weighted by Gasteiger charge is 2.25. The Morgan fingerprint density at radius 2 is 1.90 bits per heavy atom. The Hall–Kier alpha value is -2.22. The number of carbonyl (C=O) groups is 1. The molecule has 166 valence electrons. The maximum absolute atomic E-state index is 13.6. The van der Waals surface area contributed by atoms with Crippen LogP contribution in [0.3, 0.4) is 0 Å². The van der Waals surface area contributed by atoms with E-state index in [-0.39, 0.29) is 11.5 Å². The zero-order valence-corrected chi connectivity index (χ0v) is 20.4. The minimum atomic E-state index is -0.729. The van der Waals surface area contributed by atoms with Crippen molar-refractivity contribution in [2.45, 2.75) is 54.1 Å². The van der Waals surface area contributed by atoms with Crippen molar-refractivity contribution in [3.63, 3.8) is 0 Å². The second-order valence-electron chi connectivity index (χ2n) is 7.71. The van der Waals surface area contributed by atoms with Crippen molar-refractivity contribution in [1.82, 2.24) is 14.5 Å². The number of thiophene rings is 1. The Morgan fingerprint density at radius 1 is 1.23 bits per heavy atom. The minimum absolute atomic E-state index is 0.167. The number of anilines is 1. The molecule has 1 unspecified atom stereocenters. The van der Waals surface area contributed by atoms with Gasteiger partial charge in [0, 0.05) is 15.6 Å². The van der Waals surface area contributed by atoms with Gasteiger partial charge in [-0.1, -0.05) is 31.5 Å². The fraction of sp³-hybridized carbons (Fsp3) is 0.435. The van der Waals surface area contributed by atoms with Crippen LogP contribution in [0.1, 0.15) is 48.6 Å². The van der Waals surface area contributed by atoms with Crippen molar-refractivity contribution in [2.24, 2.45) is 0 Å². The van der Waals surface area contributed by atoms with E-state index >= 15 is 0 Å². The van der Waals surface area contributed by atoms with Gasteiger partial charge in [-0.05, 0) is 64.0 Å². The zero-order chi connectivity index (χ0) is 22.9. The standard InChI is InChI=1S/C23H29ClN4O2S/c1-7-27(8-2)12-19-26-22-20(13(3)16(6)31-22)23(30)28(19)15(5)21(29)25-18-11-9-10-17(24)14(18)4/h9-11,15H,7-8,12H2,1-6H3,(H,25,29). The van der Waals surface area contributed by atoms with E-state index < -0.39 is 6.04 Å². The van der Waals surface area contributed by atoms with Crippen LogP contribution in [0.5, 0.6) is 0 Å². The molecule has 1 atom stereocenters. The normalized spacial score (nSPS) is 12.5. The largest absolute Gasteiger partial charge is 0.324 e. The van der Waals surface area contributed by atoms with Crippen LogP contribution in [-0.4, -0.2) is 33.4 Å². The first-order valence-corrected chi connectivity index (χ1v) is 11.7. The Labute approximate surface area is 191 Å². The summed E-state index contributed by atoms with van der Waals surface area (Å²) in [5.74, 6) is 0.326. The molecule has 1 aromatic carbocycles. The van der Waals surface area contributed by atoms with Crippen molar-refractivity contribution in [2.75, 3.05) is 18.4 Å². The van der Waals surface area contributed by atoms with Crippen LogP contribution < -0.4 is 10.9 Å². The molecule has 0 spiro atoms. The molecule has 8 heteroatoms. The molecule has 31 heavy (non-hydrogen) atoms. The van der Waals surface area contributed by atoms with Crippen LogP contribution in [0.4, 0.5) is 5.69 Å². The van der Waals surface area contributed by atoms with Crippen LogP contribution in [0.2, 0.25) is 5.02 Å².